The van der Waals surface area contributed by atoms with Crippen molar-refractivity contribution in [3.63, 3.8) is 0 Å². The number of benzene rings is 2. The Morgan fingerprint density at radius 3 is 2.28 bits per heavy atom. The molecule has 3 rings (SSSR count). The van der Waals surface area contributed by atoms with Crippen molar-refractivity contribution in [3.8, 4) is 11.5 Å². The second-order valence-corrected chi connectivity index (χ2v) is 7.41. The predicted molar refractivity (Wildman–Crippen MR) is 107 cm³/mol. The summed E-state index contributed by atoms with van der Waals surface area (Å²) in [6.07, 6.45) is 2.86. The molecule has 0 saturated heterocycles. The first-order valence-corrected chi connectivity index (χ1v) is 9.84. The largest absolute Gasteiger partial charge is 0.497 e. The van der Waals surface area contributed by atoms with Crippen LogP contribution in [0.1, 0.15) is 10.4 Å². The number of ether oxygens (including phenoxy) is 2. The van der Waals surface area contributed by atoms with Crippen molar-refractivity contribution in [1.82, 2.24) is 9.97 Å². The minimum Gasteiger partial charge on any atom is -0.497 e. The average Bonchev–Trinajstić information content (AvgIpc) is 2.74. The summed E-state index contributed by atoms with van der Waals surface area (Å²) < 4.78 is 37.4. The summed E-state index contributed by atoms with van der Waals surface area (Å²) >= 11 is 0. The fourth-order valence-corrected chi connectivity index (χ4v) is 3.39. The summed E-state index contributed by atoms with van der Waals surface area (Å²) in [5.74, 6) is 0.475. The van der Waals surface area contributed by atoms with Gasteiger partial charge in [-0.2, -0.15) is 0 Å². The third kappa shape index (κ3) is 4.79. The molecule has 0 unspecified atom stereocenters. The molecule has 0 bridgehead atoms. The molecule has 3 aromatic rings. The Morgan fingerprint density at radius 2 is 1.66 bits per heavy atom. The van der Waals surface area contributed by atoms with Crippen molar-refractivity contribution < 1.29 is 22.7 Å². The maximum atomic E-state index is 12.5. The molecule has 0 radical (unpaired) electrons. The van der Waals surface area contributed by atoms with Gasteiger partial charge in [0, 0.05) is 24.1 Å². The van der Waals surface area contributed by atoms with Crippen LogP contribution >= 0.6 is 0 Å². The fourth-order valence-electron chi connectivity index (χ4n) is 2.43. The minimum absolute atomic E-state index is 0.00461. The maximum absolute atomic E-state index is 12.5. The van der Waals surface area contributed by atoms with Gasteiger partial charge < -0.3 is 14.8 Å². The summed E-state index contributed by atoms with van der Waals surface area (Å²) in [7, 11) is -0.881. The first-order valence-electron chi connectivity index (χ1n) is 8.36. The Kier molecular flexibility index (Phi) is 5.93. The van der Waals surface area contributed by atoms with E-state index in [0.717, 1.165) is 0 Å². The lowest BCUT2D eigenvalue weighted by Crippen LogP contribution is -2.15. The van der Waals surface area contributed by atoms with Crippen LogP contribution in [0.2, 0.25) is 0 Å². The topological polar surface area (TPSA) is 120 Å². The molecule has 2 aromatic carbocycles. The number of nitrogens with zero attached hydrogens (tertiary/aromatic N) is 2. The van der Waals surface area contributed by atoms with Crippen molar-refractivity contribution in [2.24, 2.45) is 0 Å². The van der Waals surface area contributed by atoms with Gasteiger partial charge in [-0.1, -0.05) is 0 Å². The van der Waals surface area contributed by atoms with E-state index in [1.165, 1.54) is 50.9 Å². The Balaban J connectivity index is 1.74. The number of anilines is 2. The molecule has 9 nitrogen and oxygen atoms in total. The van der Waals surface area contributed by atoms with E-state index >= 15 is 0 Å². The Hall–Kier alpha value is -3.66. The number of rotatable bonds is 7. The highest BCUT2D eigenvalue weighted by atomic mass is 32.2. The Labute approximate surface area is 167 Å². The number of carbonyl (C=O) groups is 1. The molecule has 0 fully saturated rings. The van der Waals surface area contributed by atoms with Crippen molar-refractivity contribution in [1.29, 1.82) is 0 Å². The Morgan fingerprint density at radius 1 is 0.966 bits per heavy atom. The zero-order chi connectivity index (χ0) is 20.9. The van der Waals surface area contributed by atoms with E-state index in [9.17, 15) is 13.2 Å². The van der Waals surface area contributed by atoms with Crippen LogP contribution in [0.15, 0.2) is 65.8 Å². The second kappa shape index (κ2) is 8.57. The van der Waals surface area contributed by atoms with Gasteiger partial charge in [-0.15, -0.1) is 0 Å². The van der Waals surface area contributed by atoms with Gasteiger partial charge in [-0.3, -0.25) is 4.79 Å². The lowest BCUT2D eigenvalue weighted by atomic mass is 10.1. The second-order valence-electron chi connectivity index (χ2n) is 5.72. The molecular formula is C19H18N4O5S. The Bertz CT molecular complexity index is 1100. The molecule has 0 saturated carbocycles. The number of aromatic nitrogens is 2. The van der Waals surface area contributed by atoms with Crippen LogP contribution in [0, 0.1) is 0 Å². The molecule has 0 spiro atoms. The van der Waals surface area contributed by atoms with Gasteiger partial charge in [0.2, 0.25) is 5.95 Å². The molecule has 0 atom stereocenters. The monoisotopic (exact) mass is 414 g/mol. The lowest BCUT2D eigenvalue weighted by molar-refractivity contribution is 0.102. The van der Waals surface area contributed by atoms with E-state index in [4.69, 9.17) is 9.47 Å². The van der Waals surface area contributed by atoms with Gasteiger partial charge in [0.05, 0.1) is 24.7 Å². The summed E-state index contributed by atoms with van der Waals surface area (Å²) in [6, 6.07) is 12.1. The van der Waals surface area contributed by atoms with E-state index in [1.54, 1.807) is 24.3 Å². The smallest absolute Gasteiger partial charge is 0.264 e. The normalized spacial score (nSPS) is 10.8. The van der Waals surface area contributed by atoms with Crippen LogP contribution in [-0.2, 0) is 10.0 Å². The van der Waals surface area contributed by atoms with E-state index in [0.29, 0.717) is 22.7 Å². The van der Waals surface area contributed by atoms with Crippen LogP contribution in [-0.4, -0.2) is 38.5 Å². The van der Waals surface area contributed by atoms with Crippen LogP contribution in [0.5, 0.6) is 11.5 Å². The van der Waals surface area contributed by atoms with Crippen LogP contribution in [0.4, 0.5) is 11.6 Å². The van der Waals surface area contributed by atoms with E-state index < -0.39 is 15.9 Å². The first kappa shape index (κ1) is 20.1. The summed E-state index contributed by atoms with van der Waals surface area (Å²) in [5.41, 5.74) is 0.732. The van der Waals surface area contributed by atoms with Crippen molar-refractivity contribution in [2.75, 3.05) is 24.3 Å². The number of sulfonamides is 1. The standard InChI is InChI=1S/C19H18N4O5S/c1-27-14-6-9-16(17(12-14)28-2)18(24)22-13-4-7-15(8-5-13)29(25,26)23-19-20-10-3-11-21-19/h3-12H,1-2H3,(H,22,24)(H,20,21,23). The molecule has 1 amide bonds. The highest BCUT2D eigenvalue weighted by Gasteiger charge is 2.17. The molecule has 10 heteroatoms. The van der Waals surface area contributed by atoms with Crippen LogP contribution in [0.25, 0.3) is 0 Å². The highest BCUT2D eigenvalue weighted by Crippen LogP contribution is 2.25. The molecule has 150 valence electrons. The van der Waals surface area contributed by atoms with E-state index in [1.807, 2.05) is 0 Å². The van der Waals surface area contributed by atoms with Crippen molar-refractivity contribution >= 4 is 27.6 Å². The van der Waals surface area contributed by atoms with Gasteiger partial charge in [0.15, 0.2) is 0 Å². The number of carbonyl (C=O) groups excluding carboxylic acids is 1. The molecule has 1 aromatic heterocycles. The number of amides is 1. The van der Waals surface area contributed by atoms with E-state index in [-0.39, 0.29) is 10.8 Å². The zero-order valence-electron chi connectivity index (χ0n) is 15.6. The van der Waals surface area contributed by atoms with Crippen molar-refractivity contribution in [2.45, 2.75) is 4.90 Å². The summed E-state index contributed by atoms with van der Waals surface area (Å²) in [4.78, 5) is 20.2. The zero-order valence-corrected chi connectivity index (χ0v) is 16.4. The number of methoxy groups -OCH3 is 2. The first-order chi connectivity index (χ1) is 13.9. The molecule has 0 aliphatic heterocycles. The van der Waals surface area contributed by atoms with E-state index in [2.05, 4.69) is 20.0 Å². The minimum atomic E-state index is -3.85. The molecule has 0 aliphatic carbocycles. The molecule has 2 N–H and O–H groups in total. The van der Waals surface area contributed by atoms with Crippen molar-refractivity contribution in [3.05, 3.63) is 66.5 Å². The third-order valence-electron chi connectivity index (χ3n) is 3.87. The molecule has 0 aliphatic rings. The fraction of sp³-hybridized carbons (Fsp3) is 0.105. The number of hydrogen-bond acceptors (Lipinski definition) is 7. The van der Waals surface area contributed by atoms with Crippen LogP contribution < -0.4 is 19.5 Å². The average molecular weight is 414 g/mol. The predicted octanol–water partition coefficient (Wildman–Crippen LogP) is 2.55. The highest BCUT2D eigenvalue weighted by molar-refractivity contribution is 7.92. The number of nitrogens with one attached hydrogen (secondary N) is 2. The third-order valence-corrected chi connectivity index (χ3v) is 5.21. The molecule has 29 heavy (non-hydrogen) atoms. The van der Waals surface area contributed by atoms with Gasteiger partial charge in [0.25, 0.3) is 15.9 Å². The number of hydrogen-bond donors (Lipinski definition) is 2. The van der Waals surface area contributed by atoms with Gasteiger partial charge in [0.1, 0.15) is 11.5 Å². The quantitative estimate of drug-likeness (QED) is 0.610. The van der Waals surface area contributed by atoms with Gasteiger partial charge in [-0.25, -0.2) is 23.1 Å². The van der Waals surface area contributed by atoms with Crippen LogP contribution in [0.3, 0.4) is 0 Å². The van der Waals surface area contributed by atoms with Gasteiger partial charge in [-0.05, 0) is 42.5 Å². The van der Waals surface area contributed by atoms with Gasteiger partial charge >= 0.3 is 0 Å². The maximum Gasteiger partial charge on any atom is 0.264 e. The SMILES string of the molecule is COc1ccc(C(=O)Nc2ccc(S(=O)(=O)Nc3ncccn3)cc2)c(OC)c1. The summed E-state index contributed by atoms with van der Waals surface area (Å²) in [5, 5.41) is 2.70. The lowest BCUT2D eigenvalue weighted by Gasteiger charge is -2.11. The molecular weight excluding hydrogens is 396 g/mol. The molecule has 1 heterocycles. The summed E-state index contributed by atoms with van der Waals surface area (Å²) in [6.45, 7) is 0.